The van der Waals surface area contributed by atoms with Gasteiger partial charge in [-0.2, -0.15) is 12.6 Å². The molecule has 2 rings (SSSR count). The fraction of sp³-hybridized carbons (Fsp3) is 0.571. The van der Waals surface area contributed by atoms with Gasteiger partial charge in [-0.05, 0) is 43.2 Å². The largest absolute Gasteiger partial charge is 0.357 e. The van der Waals surface area contributed by atoms with Crippen LogP contribution in [0, 0.1) is 6.92 Å². The van der Waals surface area contributed by atoms with Gasteiger partial charge >= 0.3 is 0 Å². The topological polar surface area (TPSA) is 45.2 Å². The maximum atomic E-state index is 11.5. The van der Waals surface area contributed by atoms with Gasteiger partial charge in [0.2, 0.25) is 5.91 Å². The molecule has 0 atom stereocenters. The second kappa shape index (κ2) is 6.80. The normalized spacial score (nSPS) is 14.7. The SMILES string of the molecule is Cc1cc(CNC(=O)CCS)cc(N2CCCC2)n1. The highest BCUT2D eigenvalue weighted by Crippen LogP contribution is 2.19. The second-order valence-electron chi connectivity index (χ2n) is 4.92. The minimum absolute atomic E-state index is 0.0483. The van der Waals surface area contributed by atoms with E-state index in [9.17, 15) is 4.79 Å². The van der Waals surface area contributed by atoms with Crippen LogP contribution in [0.3, 0.4) is 0 Å². The fourth-order valence-electron chi connectivity index (χ4n) is 2.32. The van der Waals surface area contributed by atoms with Crippen LogP contribution < -0.4 is 10.2 Å². The average molecular weight is 279 g/mol. The summed E-state index contributed by atoms with van der Waals surface area (Å²) < 4.78 is 0. The fourth-order valence-corrected chi connectivity index (χ4v) is 2.52. The Morgan fingerprint density at radius 3 is 2.84 bits per heavy atom. The van der Waals surface area contributed by atoms with E-state index in [1.807, 2.05) is 13.0 Å². The van der Waals surface area contributed by atoms with Gasteiger partial charge in [-0.1, -0.05) is 0 Å². The van der Waals surface area contributed by atoms with Crippen molar-refractivity contribution in [3.05, 3.63) is 23.4 Å². The number of carbonyl (C=O) groups is 1. The van der Waals surface area contributed by atoms with Crippen molar-refractivity contribution in [2.75, 3.05) is 23.7 Å². The molecule has 1 N–H and O–H groups in total. The van der Waals surface area contributed by atoms with Crippen molar-refractivity contribution < 1.29 is 4.79 Å². The van der Waals surface area contributed by atoms with Gasteiger partial charge in [0.05, 0.1) is 0 Å². The summed E-state index contributed by atoms with van der Waals surface area (Å²) in [5, 5.41) is 2.91. The van der Waals surface area contributed by atoms with E-state index >= 15 is 0 Å². The monoisotopic (exact) mass is 279 g/mol. The van der Waals surface area contributed by atoms with Crippen LogP contribution >= 0.6 is 12.6 Å². The van der Waals surface area contributed by atoms with E-state index in [0.717, 1.165) is 30.2 Å². The lowest BCUT2D eigenvalue weighted by Gasteiger charge is -2.18. The molecule has 1 fully saturated rings. The molecule has 0 unspecified atom stereocenters. The highest BCUT2D eigenvalue weighted by Gasteiger charge is 2.14. The Balaban J connectivity index is 2.02. The zero-order chi connectivity index (χ0) is 13.7. The summed E-state index contributed by atoms with van der Waals surface area (Å²) in [5.74, 6) is 1.67. The van der Waals surface area contributed by atoms with Gasteiger partial charge < -0.3 is 10.2 Å². The van der Waals surface area contributed by atoms with Crippen molar-refractivity contribution in [1.82, 2.24) is 10.3 Å². The molecule has 1 aliphatic heterocycles. The number of carbonyl (C=O) groups excluding carboxylic acids is 1. The predicted octanol–water partition coefficient (Wildman–Crippen LogP) is 1.93. The van der Waals surface area contributed by atoms with Crippen molar-refractivity contribution in [3.63, 3.8) is 0 Å². The molecule has 1 aromatic heterocycles. The summed E-state index contributed by atoms with van der Waals surface area (Å²) in [5.41, 5.74) is 2.12. The van der Waals surface area contributed by atoms with Crippen LogP contribution in [0.25, 0.3) is 0 Å². The molecule has 1 amide bonds. The number of aromatic nitrogens is 1. The van der Waals surface area contributed by atoms with Crippen molar-refractivity contribution in [3.8, 4) is 0 Å². The van der Waals surface area contributed by atoms with Gasteiger partial charge in [0.15, 0.2) is 0 Å². The first-order valence-electron chi connectivity index (χ1n) is 6.79. The molecule has 4 nitrogen and oxygen atoms in total. The van der Waals surface area contributed by atoms with Gasteiger partial charge in [0.1, 0.15) is 5.82 Å². The van der Waals surface area contributed by atoms with Crippen LogP contribution in [0.15, 0.2) is 12.1 Å². The lowest BCUT2D eigenvalue weighted by atomic mass is 10.2. The number of aryl methyl sites for hydroxylation is 1. The van der Waals surface area contributed by atoms with Gasteiger partial charge in [-0.25, -0.2) is 4.98 Å². The number of nitrogens with one attached hydrogen (secondary N) is 1. The van der Waals surface area contributed by atoms with Crippen molar-refractivity contribution >= 4 is 24.4 Å². The molecule has 1 aromatic rings. The van der Waals surface area contributed by atoms with Crippen LogP contribution in [-0.2, 0) is 11.3 Å². The molecule has 0 aliphatic carbocycles. The first-order chi connectivity index (χ1) is 9.19. The van der Waals surface area contributed by atoms with Crippen LogP contribution in [0.1, 0.15) is 30.5 Å². The zero-order valence-corrected chi connectivity index (χ0v) is 12.2. The second-order valence-corrected chi connectivity index (χ2v) is 5.37. The molecule has 5 heteroatoms. The molecule has 0 bridgehead atoms. The quantitative estimate of drug-likeness (QED) is 0.810. The van der Waals surface area contributed by atoms with Crippen LogP contribution in [-0.4, -0.2) is 29.7 Å². The van der Waals surface area contributed by atoms with Crippen LogP contribution in [0.2, 0.25) is 0 Å². The van der Waals surface area contributed by atoms with Crippen LogP contribution in [0.5, 0.6) is 0 Å². The summed E-state index contributed by atoms with van der Waals surface area (Å²) in [7, 11) is 0. The number of hydrogen-bond donors (Lipinski definition) is 2. The molecular weight excluding hydrogens is 258 g/mol. The molecule has 2 heterocycles. The number of anilines is 1. The van der Waals surface area contributed by atoms with Gasteiger partial charge in [-0.15, -0.1) is 0 Å². The number of nitrogens with zero attached hydrogens (tertiary/aromatic N) is 2. The molecular formula is C14H21N3OS. The third-order valence-electron chi connectivity index (χ3n) is 3.26. The lowest BCUT2D eigenvalue weighted by Crippen LogP contribution is -2.24. The number of amides is 1. The highest BCUT2D eigenvalue weighted by molar-refractivity contribution is 7.80. The third-order valence-corrected chi connectivity index (χ3v) is 3.48. The Kier molecular flexibility index (Phi) is 5.07. The summed E-state index contributed by atoms with van der Waals surface area (Å²) in [6.07, 6.45) is 2.94. The first-order valence-corrected chi connectivity index (χ1v) is 7.42. The maximum Gasteiger partial charge on any atom is 0.221 e. The molecule has 1 aliphatic rings. The Morgan fingerprint density at radius 2 is 2.16 bits per heavy atom. The molecule has 0 radical (unpaired) electrons. The molecule has 104 valence electrons. The maximum absolute atomic E-state index is 11.5. The Morgan fingerprint density at radius 1 is 1.42 bits per heavy atom. The molecule has 0 aromatic carbocycles. The lowest BCUT2D eigenvalue weighted by molar-refractivity contribution is -0.120. The van der Waals surface area contributed by atoms with Crippen LogP contribution in [0.4, 0.5) is 5.82 Å². The number of pyridine rings is 1. The molecule has 0 saturated carbocycles. The molecule has 0 spiro atoms. The van der Waals surface area contributed by atoms with E-state index < -0.39 is 0 Å². The van der Waals surface area contributed by atoms with Crippen molar-refractivity contribution in [1.29, 1.82) is 0 Å². The highest BCUT2D eigenvalue weighted by atomic mass is 32.1. The minimum atomic E-state index is 0.0483. The predicted molar refractivity (Wildman–Crippen MR) is 80.7 cm³/mol. The van der Waals surface area contributed by atoms with E-state index in [1.54, 1.807) is 0 Å². The summed E-state index contributed by atoms with van der Waals surface area (Å²) in [4.78, 5) is 18.3. The average Bonchev–Trinajstić information content (AvgIpc) is 2.90. The smallest absolute Gasteiger partial charge is 0.221 e. The van der Waals surface area contributed by atoms with E-state index in [-0.39, 0.29) is 5.91 Å². The third kappa shape index (κ3) is 4.13. The zero-order valence-electron chi connectivity index (χ0n) is 11.4. The summed E-state index contributed by atoms with van der Waals surface area (Å²) >= 11 is 4.05. The molecule has 1 saturated heterocycles. The Labute approximate surface area is 120 Å². The van der Waals surface area contributed by atoms with Crippen molar-refractivity contribution in [2.24, 2.45) is 0 Å². The standard InChI is InChI=1S/C14H21N3OS/c1-11-8-12(10-15-14(18)4-7-19)9-13(16-11)17-5-2-3-6-17/h8-9,19H,2-7,10H2,1H3,(H,15,18). The summed E-state index contributed by atoms with van der Waals surface area (Å²) in [6.45, 7) is 4.74. The van der Waals surface area contributed by atoms with Gasteiger partial charge in [-0.3, -0.25) is 4.79 Å². The summed E-state index contributed by atoms with van der Waals surface area (Å²) in [6, 6.07) is 4.11. The van der Waals surface area contributed by atoms with Gasteiger partial charge in [0.25, 0.3) is 0 Å². The minimum Gasteiger partial charge on any atom is -0.357 e. The first kappa shape index (κ1) is 14.2. The number of rotatable bonds is 5. The number of thiol groups is 1. The van der Waals surface area contributed by atoms with E-state index in [2.05, 4.69) is 33.9 Å². The van der Waals surface area contributed by atoms with Crippen molar-refractivity contribution in [2.45, 2.75) is 32.7 Å². The van der Waals surface area contributed by atoms with E-state index in [0.29, 0.717) is 18.7 Å². The van der Waals surface area contributed by atoms with E-state index in [1.165, 1.54) is 12.8 Å². The Bertz CT molecular complexity index is 444. The molecule has 19 heavy (non-hydrogen) atoms. The Hall–Kier alpha value is -1.23. The van der Waals surface area contributed by atoms with E-state index in [4.69, 9.17) is 0 Å². The van der Waals surface area contributed by atoms with Gasteiger partial charge in [0, 0.05) is 31.7 Å². The number of hydrogen-bond acceptors (Lipinski definition) is 4.